The number of rotatable bonds is 12. The van der Waals surface area contributed by atoms with Gasteiger partial charge < -0.3 is 25.0 Å². The van der Waals surface area contributed by atoms with E-state index in [1.54, 1.807) is 52.1 Å². The Balaban J connectivity index is 2.61. The fourth-order valence-corrected chi connectivity index (χ4v) is 3.03. The summed E-state index contributed by atoms with van der Waals surface area (Å²) in [7, 11) is 2.77. The molecule has 188 valence electrons. The van der Waals surface area contributed by atoms with Crippen LogP contribution in [0, 0.1) is 0 Å². The third-order valence-corrected chi connectivity index (χ3v) is 4.85. The molecule has 0 spiro atoms. The third-order valence-electron chi connectivity index (χ3n) is 4.85. The summed E-state index contributed by atoms with van der Waals surface area (Å²) < 4.78 is 9.97. The molecular weight excluding hydrogens is 442 g/mol. The highest BCUT2D eigenvalue weighted by Gasteiger charge is 2.26. The summed E-state index contributed by atoms with van der Waals surface area (Å²) in [6.45, 7) is 5.40. The zero-order valence-electron chi connectivity index (χ0n) is 20.5. The van der Waals surface area contributed by atoms with Crippen LogP contribution in [-0.4, -0.2) is 85.3 Å². The number of benzene rings is 1. The van der Waals surface area contributed by atoms with Crippen LogP contribution in [0.2, 0.25) is 0 Å². The molecule has 1 aromatic rings. The second kappa shape index (κ2) is 13.4. The van der Waals surface area contributed by atoms with Gasteiger partial charge in [-0.25, -0.2) is 4.79 Å². The lowest BCUT2D eigenvalue weighted by Crippen LogP contribution is -2.47. The molecule has 0 saturated heterocycles. The van der Waals surface area contributed by atoms with Gasteiger partial charge in [-0.05, 0) is 33.3 Å². The van der Waals surface area contributed by atoms with Crippen LogP contribution in [-0.2, 0) is 19.1 Å². The van der Waals surface area contributed by atoms with E-state index in [0.717, 1.165) is 0 Å². The third kappa shape index (κ3) is 9.70. The molecule has 2 amide bonds. The highest BCUT2D eigenvalue weighted by atomic mass is 16.6. The lowest BCUT2D eigenvalue weighted by atomic mass is 10.1. The summed E-state index contributed by atoms with van der Waals surface area (Å²) in [6.07, 6.45) is 0.601. The van der Waals surface area contributed by atoms with Crippen molar-refractivity contribution >= 4 is 30.0 Å². The number of ether oxygens (including phenoxy) is 2. The molecule has 1 atom stereocenters. The number of nitrogens with two attached hydrogens (primary N) is 1. The van der Waals surface area contributed by atoms with E-state index in [0.29, 0.717) is 12.7 Å². The molecule has 0 aliphatic heterocycles. The van der Waals surface area contributed by atoms with E-state index < -0.39 is 23.7 Å². The highest BCUT2D eigenvalue weighted by molar-refractivity contribution is 6.01. The number of carbonyl (C=O) groups excluding carboxylic acids is 5. The van der Waals surface area contributed by atoms with Gasteiger partial charge in [0.25, 0.3) is 5.91 Å². The fourth-order valence-electron chi connectivity index (χ4n) is 3.03. The molecule has 0 saturated carbocycles. The van der Waals surface area contributed by atoms with Crippen molar-refractivity contribution in [2.45, 2.75) is 51.7 Å². The molecule has 34 heavy (non-hydrogen) atoms. The Bertz CT molecular complexity index is 880. The fraction of sp³-hybridized carbons (Fsp3) is 0.542. The van der Waals surface area contributed by atoms with Crippen LogP contribution in [0.15, 0.2) is 24.3 Å². The number of esters is 1. The Morgan fingerprint density at radius 1 is 1.09 bits per heavy atom. The summed E-state index contributed by atoms with van der Waals surface area (Å²) in [5, 5.41) is 0. The zero-order valence-corrected chi connectivity index (χ0v) is 20.5. The Kier molecular flexibility index (Phi) is 11.4. The highest BCUT2D eigenvalue weighted by Crippen LogP contribution is 2.12. The molecule has 10 nitrogen and oxygen atoms in total. The number of amides is 2. The number of hydrogen-bond acceptors (Lipinski definition) is 8. The molecule has 0 fully saturated rings. The summed E-state index contributed by atoms with van der Waals surface area (Å²) in [6, 6.07) is 5.42. The average molecular weight is 478 g/mol. The van der Waals surface area contributed by atoms with E-state index in [9.17, 15) is 24.0 Å². The smallest absolute Gasteiger partial charge is 0.410 e. The topological polar surface area (TPSA) is 136 Å². The molecule has 0 bridgehead atoms. The maximum Gasteiger partial charge on any atom is 0.410 e. The van der Waals surface area contributed by atoms with E-state index in [4.69, 9.17) is 10.5 Å². The van der Waals surface area contributed by atoms with Gasteiger partial charge in [-0.2, -0.15) is 0 Å². The van der Waals surface area contributed by atoms with E-state index in [1.807, 2.05) is 0 Å². The molecule has 1 aromatic carbocycles. The lowest BCUT2D eigenvalue weighted by Gasteiger charge is -2.28. The van der Waals surface area contributed by atoms with Gasteiger partial charge in [-0.15, -0.1) is 0 Å². The normalized spacial score (nSPS) is 11.8. The lowest BCUT2D eigenvalue weighted by molar-refractivity contribution is -0.142. The predicted molar refractivity (Wildman–Crippen MR) is 125 cm³/mol. The van der Waals surface area contributed by atoms with Gasteiger partial charge >= 0.3 is 12.1 Å². The van der Waals surface area contributed by atoms with E-state index in [2.05, 4.69) is 4.74 Å². The Morgan fingerprint density at radius 2 is 1.74 bits per heavy atom. The van der Waals surface area contributed by atoms with Crippen molar-refractivity contribution in [1.29, 1.82) is 0 Å². The second-order valence-electron chi connectivity index (χ2n) is 8.88. The number of carbonyl (C=O) groups is 5. The molecule has 0 aromatic heterocycles. The van der Waals surface area contributed by atoms with Gasteiger partial charge in [-0.1, -0.05) is 18.2 Å². The van der Waals surface area contributed by atoms with E-state index >= 15 is 0 Å². The van der Waals surface area contributed by atoms with Gasteiger partial charge in [0.15, 0.2) is 6.29 Å². The van der Waals surface area contributed by atoms with Crippen LogP contribution in [0.3, 0.4) is 0 Å². The van der Waals surface area contributed by atoms with Crippen molar-refractivity contribution in [2.75, 3.05) is 33.8 Å². The molecule has 0 radical (unpaired) electrons. The van der Waals surface area contributed by atoms with Gasteiger partial charge in [0.05, 0.1) is 12.7 Å². The van der Waals surface area contributed by atoms with Gasteiger partial charge in [0, 0.05) is 45.1 Å². The molecule has 0 aliphatic carbocycles. The number of methoxy groups -OCH3 is 1. The first-order chi connectivity index (χ1) is 15.9. The Labute approximate surface area is 200 Å². The first-order valence-electron chi connectivity index (χ1n) is 11.0. The van der Waals surface area contributed by atoms with Crippen LogP contribution in [0.1, 0.15) is 60.7 Å². The minimum atomic E-state index is -1.04. The Hall–Kier alpha value is -3.27. The largest absolute Gasteiger partial charge is 0.468 e. The molecule has 1 unspecified atom stereocenters. The average Bonchev–Trinajstić information content (AvgIpc) is 2.79. The zero-order chi connectivity index (χ0) is 25.9. The quantitative estimate of drug-likeness (QED) is 0.357. The number of aldehydes is 1. The van der Waals surface area contributed by atoms with E-state index in [1.165, 1.54) is 16.9 Å². The SMILES string of the molecule is COC(=O)C(N)CN(CCCC(=O)CCN(C)C(=O)c1ccccc1C=O)C(=O)OC(C)(C)C. The minimum Gasteiger partial charge on any atom is -0.468 e. The van der Waals surface area contributed by atoms with Gasteiger partial charge in [0.2, 0.25) is 0 Å². The number of hydrogen-bond donors (Lipinski definition) is 1. The van der Waals surface area contributed by atoms with Crippen molar-refractivity contribution in [3.05, 3.63) is 35.4 Å². The minimum absolute atomic E-state index is 0.0928. The van der Waals surface area contributed by atoms with Crippen molar-refractivity contribution in [1.82, 2.24) is 9.80 Å². The van der Waals surface area contributed by atoms with Crippen LogP contribution in [0.5, 0.6) is 0 Å². The van der Waals surface area contributed by atoms with Crippen molar-refractivity contribution < 1.29 is 33.4 Å². The molecular formula is C24H35N3O7. The standard InChI is InChI=1S/C24H35N3O7/c1-24(2,3)34-23(32)27(15-20(25)22(31)33-5)13-8-10-18(29)12-14-26(4)21(30)19-11-7-6-9-17(19)16-28/h6-7,9,11,16,20H,8,10,12-15,25H2,1-5H3. The summed E-state index contributed by atoms with van der Waals surface area (Å²) in [5.41, 5.74) is 5.62. The summed E-state index contributed by atoms with van der Waals surface area (Å²) >= 11 is 0. The number of Topliss-reactive ketones (excluding diaryl/α,β-unsaturated/α-hetero) is 1. The first kappa shape index (κ1) is 28.8. The van der Waals surface area contributed by atoms with Crippen molar-refractivity contribution in [3.63, 3.8) is 0 Å². The number of ketones is 1. The van der Waals surface area contributed by atoms with Crippen LogP contribution in [0.4, 0.5) is 4.79 Å². The monoisotopic (exact) mass is 477 g/mol. The van der Waals surface area contributed by atoms with Gasteiger partial charge in [-0.3, -0.25) is 19.2 Å². The Morgan fingerprint density at radius 3 is 2.32 bits per heavy atom. The van der Waals surface area contributed by atoms with Crippen LogP contribution < -0.4 is 5.73 Å². The maximum atomic E-state index is 12.6. The predicted octanol–water partition coefficient (Wildman–Crippen LogP) is 2.05. The maximum absolute atomic E-state index is 12.6. The van der Waals surface area contributed by atoms with Crippen LogP contribution in [0.25, 0.3) is 0 Å². The molecule has 0 aliphatic rings. The van der Waals surface area contributed by atoms with Crippen molar-refractivity contribution in [3.8, 4) is 0 Å². The molecule has 0 heterocycles. The molecule has 10 heteroatoms. The van der Waals surface area contributed by atoms with Crippen LogP contribution >= 0.6 is 0 Å². The summed E-state index contributed by atoms with van der Waals surface area (Å²) in [5.74, 6) is -1.10. The first-order valence-corrected chi connectivity index (χ1v) is 11.0. The van der Waals surface area contributed by atoms with Crippen molar-refractivity contribution in [2.24, 2.45) is 5.73 Å². The molecule has 1 rings (SSSR count). The summed E-state index contributed by atoms with van der Waals surface area (Å²) in [4.78, 5) is 62.9. The van der Waals surface area contributed by atoms with Gasteiger partial charge in [0.1, 0.15) is 17.4 Å². The van der Waals surface area contributed by atoms with E-state index in [-0.39, 0.29) is 55.3 Å². The number of nitrogens with zero attached hydrogens (tertiary/aromatic N) is 2. The second-order valence-corrected chi connectivity index (χ2v) is 8.88. The molecule has 2 N–H and O–H groups in total.